The predicted octanol–water partition coefficient (Wildman–Crippen LogP) is 4.85. The molecule has 4 rings (SSSR count). The molecular weight excluding hydrogens is 384 g/mol. The van der Waals surface area contributed by atoms with Gasteiger partial charge in [0.15, 0.2) is 10.7 Å². The van der Waals surface area contributed by atoms with Crippen LogP contribution in [0.15, 0.2) is 41.8 Å². The summed E-state index contributed by atoms with van der Waals surface area (Å²) in [6.07, 6.45) is 0.329. The monoisotopic (exact) mass is 406 g/mol. The van der Waals surface area contributed by atoms with Crippen LogP contribution in [-0.2, 0) is 16.0 Å². The predicted molar refractivity (Wildman–Crippen MR) is 114 cm³/mol. The molecule has 1 aromatic heterocycles. The van der Waals surface area contributed by atoms with Crippen LogP contribution in [0.3, 0.4) is 0 Å². The number of cyclic esters (lactones) is 1. The molecule has 6 heteroatoms. The lowest BCUT2D eigenvalue weighted by Crippen LogP contribution is -2.48. The zero-order chi connectivity index (χ0) is 20.8. The van der Waals surface area contributed by atoms with Crippen molar-refractivity contribution in [2.45, 2.75) is 39.7 Å². The number of carbonyl (C=O) groups is 2. The topological polar surface area (TPSA) is 68.3 Å². The average Bonchev–Trinajstić information content (AvgIpc) is 3.13. The van der Waals surface area contributed by atoms with Gasteiger partial charge in [0.1, 0.15) is 0 Å². The van der Waals surface area contributed by atoms with Crippen LogP contribution in [0, 0.1) is 20.8 Å². The van der Waals surface area contributed by atoms with Crippen LogP contribution in [-0.4, -0.2) is 22.5 Å². The number of aryl methyl sites for hydroxylation is 3. The summed E-state index contributed by atoms with van der Waals surface area (Å²) < 4.78 is 5.50. The SMILES string of the molecule is Cc1cc(C)c(-c2csc(NC(=O)C3(C)Cc4ccccc4C(=O)O3)n2)cc1C. The Hall–Kier alpha value is -2.99. The number of hydrogen-bond donors (Lipinski definition) is 1. The van der Waals surface area contributed by atoms with Gasteiger partial charge in [-0.15, -0.1) is 11.3 Å². The van der Waals surface area contributed by atoms with Crippen molar-refractivity contribution in [2.24, 2.45) is 0 Å². The van der Waals surface area contributed by atoms with Gasteiger partial charge in [-0.3, -0.25) is 10.1 Å². The molecule has 1 amide bonds. The van der Waals surface area contributed by atoms with Crippen LogP contribution < -0.4 is 5.32 Å². The Morgan fingerprint density at radius 1 is 1.10 bits per heavy atom. The van der Waals surface area contributed by atoms with Gasteiger partial charge in [-0.2, -0.15) is 0 Å². The number of nitrogens with one attached hydrogen (secondary N) is 1. The summed E-state index contributed by atoms with van der Waals surface area (Å²) in [4.78, 5) is 29.9. The molecule has 1 N–H and O–H groups in total. The Kier molecular flexibility index (Phi) is 4.74. The Morgan fingerprint density at radius 3 is 2.62 bits per heavy atom. The molecule has 0 saturated carbocycles. The number of fused-ring (bicyclic) bond motifs is 1. The van der Waals surface area contributed by atoms with Crippen LogP contribution in [0.2, 0.25) is 0 Å². The maximum Gasteiger partial charge on any atom is 0.339 e. The molecule has 0 radical (unpaired) electrons. The molecule has 0 bridgehead atoms. The summed E-state index contributed by atoms with van der Waals surface area (Å²) in [7, 11) is 0. The highest BCUT2D eigenvalue weighted by molar-refractivity contribution is 7.14. The summed E-state index contributed by atoms with van der Waals surface area (Å²) in [5.41, 5.74) is 5.50. The molecule has 148 valence electrons. The second-order valence-corrected chi connectivity index (χ2v) is 8.56. The number of rotatable bonds is 3. The summed E-state index contributed by atoms with van der Waals surface area (Å²) in [6.45, 7) is 7.85. The van der Waals surface area contributed by atoms with Crippen LogP contribution in [0.4, 0.5) is 5.13 Å². The molecule has 3 aromatic rings. The standard InChI is InChI=1S/C23H22N2O3S/c1-13-9-15(3)18(10-14(13)2)19-12-29-22(24-19)25-21(27)23(4)11-16-7-5-6-8-17(16)20(26)28-23/h5-10,12H,11H2,1-4H3,(H,24,25,27). The first kappa shape index (κ1) is 19.3. The largest absolute Gasteiger partial charge is 0.445 e. The van der Waals surface area contributed by atoms with E-state index in [0.29, 0.717) is 17.1 Å². The highest BCUT2D eigenvalue weighted by Crippen LogP contribution is 2.32. The van der Waals surface area contributed by atoms with Crippen molar-refractivity contribution in [3.8, 4) is 11.3 Å². The Morgan fingerprint density at radius 2 is 1.83 bits per heavy atom. The van der Waals surface area contributed by atoms with Crippen molar-refractivity contribution in [3.63, 3.8) is 0 Å². The van der Waals surface area contributed by atoms with E-state index in [1.165, 1.54) is 22.5 Å². The minimum atomic E-state index is -1.27. The number of amides is 1. The van der Waals surface area contributed by atoms with Crippen LogP contribution in [0.25, 0.3) is 11.3 Å². The van der Waals surface area contributed by atoms with Gasteiger partial charge in [-0.1, -0.05) is 24.3 Å². The molecule has 1 aliphatic rings. The molecule has 0 spiro atoms. The van der Waals surface area contributed by atoms with Crippen molar-refractivity contribution in [3.05, 3.63) is 69.6 Å². The van der Waals surface area contributed by atoms with Crippen molar-refractivity contribution >= 4 is 28.3 Å². The van der Waals surface area contributed by atoms with E-state index in [4.69, 9.17) is 4.74 Å². The number of hydrogen-bond acceptors (Lipinski definition) is 5. The zero-order valence-corrected chi connectivity index (χ0v) is 17.6. The molecule has 5 nitrogen and oxygen atoms in total. The van der Waals surface area contributed by atoms with E-state index >= 15 is 0 Å². The first-order chi connectivity index (χ1) is 13.8. The molecule has 0 saturated heterocycles. The summed E-state index contributed by atoms with van der Waals surface area (Å²) in [5, 5.41) is 5.24. The first-order valence-corrected chi connectivity index (χ1v) is 10.3. The van der Waals surface area contributed by atoms with E-state index in [-0.39, 0.29) is 5.91 Å². The Balaban J connectivity index is 1.56. The lowest BCUT2D eigenvalue weighted by Gasteiger charge is -2.32. The number of carbonyl (C=O) groups excluding carboxylic acids is 2. The molecule has 2 heterocycles. The highest BCUT2D eigenvalue weighted by atomic mass is 32.1. The van der Waals surface area contributed by atoms with Gasteiger partial charge in [-0.05, 0) is 62.1 Å². The van der Waals surface area contributed by atoms with Crippen LogP contribution >= 0.6 is 11.3 Å². The Bertz CT molecular complexity index is 1130. The smallest absolute Gasteiger partial charge is 0.339 e. The lowest BCUT2D eigenvalue weighted by molar-refractivity contribution is -0.134. The number of ether oxygens (including phenoxy) is 1. The number of thiazole rings is 1. The van der Waals surface area contributed by atoms with Crippen molar-refractivity contribution < 1.29 is 14.3 Å². The van der Waals surface area contributed by atoms with Gasteiger partial charge in [-0.25, -0.2) is 9.78 Å². The molecule has 1 unspecified atom stereocenters. The fourth-order valence-corrected chi connectivity index (χ4v) is 4.29. The third-order valence-corrected chi connectivity index (χ3v) is 6.16. The second-order valence-electron chi connectivity index (χ2n) is 7.70. The van der Waals surface area contributed by atoms with Crippen molar-refractivity contribution in [1.82, 2.24) is 4.98 Å². The quantitative estimate of drug-likeness (QED) is 0.632. The maximum absolute atomic E-state index is 12.9. The minimum Gasteiger partial charge on any atom is -0.445 e. The fraction of sp³-hybridized carbons (Fsp3) is 0.261. The van der Waals surface area contributed by atoms with Crippen LogP contribution in [0.1, 0.15) is 39.5 Å². The summed E-state index contributed by atoms with van der Waals surface area (Å²) in [5.74, 6) is -0.854. The van der Waals surface area contributed by atoms with E-state index < -0.39 is 11.6 Å². The van der Waals surface area contributed by atoms with Crippen molar-refractivity contribution in [2.75, 3.05) is 5.32 Å². The van der Waals surface area contributed by atoms with E-state index in [1.807, 2.05) is 17.5 Å². The zero-order valence-electron chi connectivity index (χ0n) is 16.8. The molecule has 0 fully saturated rings. The molecular formula is C23H22N2O3S. The van der Waals surface area contributed by atoms with Gasteiger partial charge in [0.2, 0.25) is 0 Å². The minimum absolute atomic E-state index is 0.329. The molecule has 2 aromatic carbocycles. The van der Waals surface area contributed by atoms with Gasteiger partial charge in [0, 0.05) is 17.4 Å². The average molecular weight is 407 g/mol. The van der Waals surface area contributed by atoms with Crippen LogP contribution in [0.5, 0.6) is 0 Å². The number of anilines is 1. The van der Waals surface area contributed by atoms with Crippen molar-refractivity contribution in [1.29, 1.82) is 0 Å². The summed E-state index contributed by atoms with van der Waals surface area (Å²) in [6, 6.07) is 11.5. The van der Waals surface area contributed by atoms with E-state index in [9.17, 15) is 9.59 Å². The Labute approximate surface area is 173 Å². The normalized spacial score (nSPS) is 18.1. The lowest BCUT2D eigenvalue weighted by atomic mass is 9.89. The number of benzene rings is 2. The third kappa shape index (κ3) is 3.56. The second kappa shape index (κ2) is 7.12. The maximum atomic E-state index is 12.9. The van der Waals surface area contributed by atoms with Gasteiger partial charge < -0.3 is 4.74 Å². The molecule has 0 aliphatic carbocycles. The molecule has 29 heavy (non-hydrogen) atoms. The fourth-order valence-electron chi connectivity index (χ4n) is 3.58. The number of esters is 1. The number of aromatic nitrogens is 1. The molecule has 1 atom stereocenters. The first-order valence-electron chi connectivity index (χ1n) is 9.43. The van der Waals surface area contributed by atoms with Gasteiger partial charge >= 0.3 is 5.97 Å². The highest BCUT2D eigenvalue weighted by Gasteiger charge is 2.42. The molecule has 1 aliphatic heterocycles. The number of nitrogens with zero attached hydrogens (tertiary/aromatic N) is 1. The van der Waals surface area contributed by atoms with Gasteiger partial charge in [0.25, 0.3) is 5.91 Å². The van der Waals surface area contributed by atoms with E-state index in [0.717, 1.165) is 22.4 Å². The van der Waals surface area contributed by atoms with E-state index in [2.05, 4.69) is 43.2 Å². The van der Waals surface area contributed by atoms with E-state index in [1.54, 1.807) is 19.1 Å². The van der Waals surface area contributed by atoms with Gasteiger partial charge in [0.05, 0.1) is 11.3 Å². The summed E-state index contributed by atoms with van der Waals surface area (Å²) >= 11 is 1.36. The third-order valence-electron chi connectivity index (χ3n) is 5.40.